The standard InChI is InChI=1S/C13H19N3O/c1-9-6-16(8-12(9)14)7-10-3-2-4-11(5-10)13(15)17/h2-5,9,12H,6-8,14H2,1H3,(H2,15,17). The topological polar surface area (TPSA) is 72.3 Å². The van der Waals surface area contributed by atoms with Crippen molar-refractivity contribution >= 4 is 5.91 Å². The van der Waals surface area contributed by atoms with Crippen LogP contribution in [-0.4, -0.2) is 29.9 Å². The molecule has 0 radical (unpaired) electrons. The lowest BCUT2D eigenvalue weighted by Gasteiger charge is -2.15. The number of hydrogen-bond donors (Lipinski definition) is 2. The maximum Gasteiger partial charge on any atom is 0.248 e. The lowest BCUT2D eigenvalue weighted by Crippen LogP contribution is -2.28. The van der Waals surface area contributed by atoms with Crippen molar-refractivity contribution < 1.29 is 4.79 Å². The van der Waals surface area contributed by atoms with Gasteiger partial charge in [-0.25, -0.2) is 0 Å². The number of rotatable bonds is 3. The number of nitrogens with two attached hydrogens (primary N) is 2. The largest absolute Gasteiger partial charge is 0.366 e. The van der Waals surface area contributed by atoms with Gasteiger partial charge >= 0.3 is 0 Å². The lowest BCUT2D eigenvalue weighted by atomic mass is 10.1. The van der Waals surface area contributed by atoms with Gasteiger partial charge < -0.3 is 11.5 Å². The summed E-state index contributed by atoms with van der Waals surface area (Å²) in [5.41, 5.74) is 12.9. The molecule has 2 rings (SSSR count). The average molecular weight is 233 g/mol. The van der Waals surface area contributed by atoms with Crippen molar-refractivity contribution in [3.8, 4) is 0 Å². The molecule has 1 aliphatic heterocycles. The van der Waals surface area contributed by atoms with E-state index in [9.17, 15) is 4.79 Å². The van der Waals surface area contributed by atoms with Gasteiger partial charge in [0.1, 0.15) is 0 Å². The van der Waals surface area contributed by atoms with Crippen LogP contribution in [0.5, 0.6) is 0 Å². The van der Waals surface area contributed by atoms with Crippen LogP contribution in [0.3, 0.4) is 0 Å². The van der Waals surface area contributed by atoms with Crippen LogP contribution >= 0.6 is 0 Å². The summed E-state index contributed by atoms with van der Waals surface area (Å²) in [5, 5.41) is 0. The number of carbonyl (C=O) groups excluding carboxylic acids is 1. The maximum absolute atomic E-state index is 11.1. The van der Waals surface area contributed by atoms with Crippen LogP contribution in [0.1, 0.15) is 22.8 Å². The summed E-state index contributed by atoms with van der Waals surface area (Å²) in [7, 11) is 0. The van der Waals surface area contributed by atoms with E-state index in [1.54, 1.807) is 6.07 Å². The second-order valence-electron chi connectivity index (χ2n) is 4.90. The molecular formula is C13H19N3O. The zero-order chi connectivity index (χ0) is 12.4. The number of amides is 1. The van der Waals surface area contributed by atoms with Crippen LogP contribution in [0.2, 0.25) is 0 Å². The molecule has 1 aliphatic rings. The molecule has 0 spiro atoms. The highest BCUT2D eigenvalue weighted by molar-refractivity contribution is 5.92. The highest BCUT2D eigenvalue weighted by Gasteiger charge is 2.26. The number of nitrogens with zero attached hydrogens (tertiary/aromatic N) is 1. The molecule has 1 heterocycles. The van der Waals surface area contributed by atoms with Crippen molar-refractivity contribution in [2.24, 2.45) is 17.4 Å². The Balaban J connectivity index is 2.04. The van der Waals surface area contributed by atoms with E-state index in [4.69, 9.17) is 11.5 Å². The van der Waals surface area contributed by atoms with Crippen molar-refractivity contribution in [2.75, 3.05) is 13.1 Å². The van der Waals surface area contributed by atoms with Crippen LogP contribution in [0, 0.1) is 5.92 Å². The molecule has 1 aromatic carbocycles. The van der Waals surface area contributed by atoms with Gasteiger partial charge in [-0.2, -0.15) is 0 Å². The summed E-state index contributed by atoms with van der Waals surface area (Å²) >= 11 is 0. The Kier molecular flexibility index (Phi) is 3.45. The van der Waals surface area contributed by atoms with E-state index in [2.05, 4.69) is 11.8 Å². The third kappa shape index (κ3) is 2.84. The van der Waals surface area contributed by atoms with Gasteiger partial charge in [0, 0.05) is 31.2 Å². The fourth-order valence-corrected chi connectivity index (χ4v) is 2.31. The molecule has 2 unspecified atom stereocenters. The molecule has 4 N–H and O–H groups in total. The zero-order valence-corrected chi connectivity index (χ0v) is 10.1. The molecule has 0 aliphatic carbocycles. The Morgan fingerprint density at radius 3 is 2.82 bits per heavy atom. The molecule has 1 fully saturated rings. The number of likely N-dealkylation sites (tertiary alicyclic amines) is 1. The molecule has 17 heavy (non-hydrogen) atoms. The fraction of sp³-hybridized carbons (Fsp3) is 0.462. The Morgan fingerprint density at radius 1 is 1.47 bits per heavy atom. The Labute approximate surface area is 102 Å². The van der Waals surface area contributed by atoms with E-state index in [1.807, 2.05) is 18.2 Å². The summed E-state index contributed by atoms with van der Waals surface area (Å²) in [6.45, 7) is 4.94. The van der Waals surface area contributed by atoms with Crippen molar-refractivity contribution in [2.45, 2.75) is 19.5 Å². The van der Waals surface area contributed by atoms with Crippen LogP contribution < -0.4 is 11.5 Å². The van der Waals surface area contributed by atoms with Crippen molar-refractivity contribution in [3.05, 3.63) is 35.4 Å². The Morgan fingerprint density at radius 2 is 2.24 bits per heavy atom. The van der Waals surface area contributed by atoms with E-state index < -0.39 is 0 Å². The van der Waals surface area contributed by atoms with E-state index >= 15 is 0 Å². The third-order valence-corrected chi connectivity index (χ3v) is 3.36. The van der Waals surface area contributed by atoms with E-state index in [1.165, 1.54) is 0 Å². The van der Waals surface area contributed by atoms with Gasteiger partial charge in [-0.1, -0.05) is 19.1 Å². The molecule has 0 saturated carbocycles. The van der Waals surface area contributed by atoms with Gasteiger partial charge in [0.25, 0.3) is 0 Å². The molecule has 0 aromatic heterocycles. The van der Waals surface area contributed by atoms with Crippen LogP contribution in [0.4, 0.5) is 0 Å². The normalized spacial score (nSPS) is 25.1. The summed E-state index contributed by atoms with van der Waals surface area (Å²) < 4.78 is 0. The number of carbonyl (C=O) groups is 1. The smallest absolute Gasteiger partial charge is 0.248 e. The van der Waals surface area contributed by atoms with Gasteiger partial charge in [-0.15, -0.1) is 0 Å². The van der Waals surface area contributed by atoms with Crippen LogP contribution in [0.15, 0.2) is 24.3 Å². The number of hydrogen-bond acceptors (Lipinski definition) is 3. The predicted molar refractivity (Wildman–Crippen MR) is 67.4 cm³/mol. The Bertz CT molecular complexity index is 409. The van der Waals surface area contributed by atoms with Gasteiger partial charge in [0.2, 0.25) is 5.91 Å². The van der Waals surface area contributed by atoms with Gasteiger partial charge in [-0.3, -0.25) is 9.69 Å². The minimum absolute atomic E-state index is 0.259. The second-order valence-corrected chi connectivity index (χ2v) is 4.90. The molecule has 0 bridgehead atoms. The summed E-state index contributed by atoms with van der Waals surface area (Å²) in [6.07, 6.45) is 0. The third-order valence-electron chi connectivity index (χ3n) is 3.36. The molecular weight excluding hydrogens is 214 g/mol. The maximum atomic E-state index is 11.1. The van der Waals surface area contributed by atoms with E-state index in [0.29, 0.717) is 11.5 Å². The van der Waals surface area contributed by atoms with Gasteiger partial charge in [0.15, 0.2) is 0 Å². The molecule has 92 valence electrons. The SMILES string of the molecule is CC1CN(Cc2cccc(C(N)=O)c2)CC1N. The minimum Gasteiger partial charge on any atom is -0.366 e. The lowest BCUT2D eigenvalue weighted by molar-refractivity contribution is 0.1000. The highest BCUT2D eigenvalue weighted by Crippen LogP contribution is 2.17. The first-order chi connectivity index (χ1) is 8.06. The first-order valence-corrected chi connectivity index (χ1v) is 5.93. The van der Waals surface area contributed by atoms with Crippen molar-refractivity contribution in [3.63, 3.8) is 0 Å². The van der Waals surface area contributed by atoms with Gasteiger partial charge in [0.05, 0.1) is 0 Å². The molecule has 2 atom stereocenters. The molecule has 1 aromatic rings. The molecule has 1 amide bonds. The quantitative estimate of drug-likeness (QED) is 0.801. The van der Waals surface area contributed by atoms with Crippen LogP contribution in [0.25, 0.3) is 0 Å². The minimum atomic E-state index is -0.377. The number of benzene rings is 1. The first-order valence-electron chi connectivity index (χ1n) is 5.93. The molecule has 1 saturated heterocycles. The highest BCUT2D eigenvalue weighted by atomic mass is 16.1. The molecule has 4 nitrogen and oxygen atoms in total. The molecule has 4 heteroatoms. The first kappa shape index (κ1) is 12.1. The summed E-state index contributed by atoms with van der Waals surface area (Å²) in [6, 6.07) is 7.74. The predicted octanol–water partition coefficient (Wildman–Crippen LogP) is 0.565. The van der Waals surface area contributed by atoms with E-state index in [-0.39, 0.29) is 11.9 Å². The summed E-state index contributed by atoms with van der Waals surface area (Å²) in [4.78, 5) is 13.4. The van der Waals surface area contributed by atoms with Gasteiger partial charge in [-0.05, 0) is 23.6 Å². The monoisotopic (exact) mass is 233 g/mol. The van der Waals surface area contributed by atoms with Crippen molar-refractivity contribution in [1.82, 2.24) is 4.90 Å². The fourth-order valence-electron chi connectivity index (χ4n) is 2.31. The zero-order valence-electron chi connectivity index (χ0n) is 10.1. The Hall–Kier alpha value is -1.39. The number of primary amides is 1. The van der Waals surface area contributed by atoms with E-state index in [0.717, 1.165) is 25.2 Å². The van der Waals surface area contributed by atoms with Crippen molar-refractivity contribution in [1.29, 1.82) is 0 Å². The average Bonchev–Trinajstić information content (AvgIpc) is 2.58. The van der Waals surface area contributed by atoms with Crippen LogP contribution in [-0.2, 0) is 6.54 Å². The second kappa shape index (κ2) is 4.85. The summed E-state index contributed by atoms with van der Waals surface area (Å²) in [5.74, 6) is 0.160.